The Labute approximate surface area is 134 Å². The summed E-state index contributed by atoms with van der Waals surface area (Å²) in [5.74, 6) is 0.573. The number of benzene rings is 2. The van der Waals surface area contributed by atoms with Crippen LogP contribution in [0.3, 0.4) is 0 Å². The van der Waals surface area contributed by atoms with E-state index in [0.717, 1.165) is 0 Å². The molecule has 0 heterocycles. The van der Waals surface area contributed by atoms with Crippen molar-refractivity contribution in [3.63, 3.8) is 0 Å². The third kappa shape index (κ3) is 10.8. The van der Waals surface area contributed by atoms with E-state index in [1.807, 2.05) is 4.91 Å². The first-order chi connectivity index (χ1) is 11.0. The highest BCUT2D eigenvalue weighted by molar-refractivity contribution is 7.48. The molecule has 0 fully saturated rings. The van der Waals surface area contributed by atoms with Gasteiger partial charge in [-0.1, -0.05) is 36.4 Å². The zero-order valence-electron chi connectivity index (χ0n) is 12.5. The Balaban J connectivity index is 0.000000704. The minimum Gasteiger partial charge on any atom is -0.397 e. The van der Waals surface area contributed by atoms with Crippen LogP contribution in [0.1, 0.15) is 6.92 Å². The van der Waals surface area contributed by atoms with Crippen LogP contribution in [0, 0.1) is 11.1 Å². The monoisotopic (exact) mass is 340 g/mol. The summed E-state index contributed by atoms with van der Waals surface area (Å²) < 4.78 is 21.5. The largest absolute Gasteiger partial charge is 0.584 e. The number of para-hydroxylation sites is 2. The summed E-state index contributed by atoms with van der Waals surface area (Å²) in [5, 5.41) is 7.57. The predicted molar refractivity (Wildman–Crippen MR) is 84.3 cm³/mol. The summed E-state index contributed by atoms with van der Waals surface area (Å²) in [6, 6.07) is 16.7. The van der Waals surface area contributed by atoms with E-state index in [1.54, 1.807) is 67.6 Å². The summed E-state index contributed by atoms with van der Waals surface area (Å²) in [4.78, 5) is 11.5. The Kier molecular flexibility index (Phi) is 10.8. The first-order valence-electron chi connectivity index (χ1n) is 6.45. The minimum absolute atomic E-state index is 0.250. The number of hydrogen-bond acceptors (Lipinski definition) is 6. The average molecular weight is 340 g/mol. The quantitative estimate of drug-likeness (QED) is 0.384. The first kappa shape index (κ1) is 20.5. The molecule has 124 valence electrons. The van der Waals surface area contributed by atoms with E-state index < -0.39 is 7.82 Å². The normalized spacial score (nSPS) is 9.17. The number of aliphatic hydroxyl groups is 1. The van der Waals surface area contributed by atoms with E-state index in [9.17, 15) is 9.46 Å². The third-order valence-electron chi connectivity index (χ3n) is 1.93. The zero-order chi connectivity index (χ0) is 17.6. The van der Waals surface area contributed by atoms with Crippen molar-refractivity contribution in [2.75, 3.05) is 6.61 Å². The fourth-order valence-electron chi connectivity index (χ4n) is 1.25. The molecule has 2 aromatic rings. The summed E-state index contributed by atoms with van der Waals surface area (Å²) in [5.41, 5.74) is 11.0. The third-order valence-corrected chi connectivity index (χ3v) is 2.81. The molecule has 0 aliphatic rings. The van der Waals surface area contributed by atoms with Crippen LogP contribution in [0.25, 0.3) is 0 Å². The highest BCUT2D eigenvalue weighted by Gasteiger charge is 2.24. The van der Waals surface area contributed by atoms with Gasteiger partial charge in [0.05, 0.1) is 0 Å². The lowest BCUT2D eigenvalue weighted by atomic mass is 10.3. The number of hydrogen-bond donors (Lipinski definition) is 4. The maximum absolute atomic E-state index is 11.7. The van der Waals surface area contributed by atoms with Crippen LogP contribution in [0.2, 0.25) is 0 Å². The molecular weight excluding hydrogens is 321 g/mol. The molecular formula is C14H19N3O5P+. The van der Waals surface area contributed by atoms with Gasteiger partial charge in [0, 0.05) is 6.61 Å². The molecule has 0 aromatic heterocycles. The molecule has 0 aliphatic carbocycles. The van der Waals surface area contributed by atoms with Crippen LogP contribution in [0.4, 0.5) is 0 Å². The van der Waals surface area contributed by atoms with Crippen molar-refractivity contribution in [1.82, 2.24) is 4.91 Å². The topological polar surface area (TPSA) is 138 Å². The first-order valence-corrected chi connectivity index (χ1v) is 7.94. The maximum Gasteiger partial charge on any atom is 0.584 e. The van der Waals surface area contributed by atoms with Gasteiger partial charge in [-0.2, -0.15) is 0 Å². The summed E-state index contributed by atoms with van der Waals surface area (Å²) in [6.07, 6.45) is 0. The van der Waals surface area contributed by atoms with Gasteiger partial charge < -0.3 is 14.2 Å². The van der Waals surface area contributed by atoms with Gasteiger partial charge in [-0.3, -0.25) is 4.89 Å². The van der Waals surface area contributed by atoms with Crippen LogP contribution in [-0.2, 0) is 4.57 Å². The average Bonchev–Trinajstić information content (AvgIpc) is 2.50. The van der Waals surface area contributed by atoms with Crippen LogP contribution >= 0.6 is 7.82 Å². The Hall–Kier alpha value is -2.50. The molecule has 8 nitrogen and oxygen atoms in total. The molecule has 0 aliphatic heterocycles. The number of phosphoric acid groups is 1. The predicted octanol–water partition coefficient (Wildman–Crippen LogP) is 3.36. The number of nitrogens with zero attached hydrogens (tertiary/aromatic N) is 1. The molecule has 0 unspecified atom stereocenters. The zero-order valence-corrected chi connectivity index (χ0v) is 13.4. The van der Waals surface area contributed by atoms with Crippen molar-refractivity contribution in [3.8, 4) is 11.5 Å². The lowest BCUT2D eigenvalue weighted by Gasteiger charge is -2.13. The Morgan fingerprint density at radius 3 is 1.48 bits per heavy atom. The molecule has 0 radical (unpaired) electrons. The Morgan fingerprint density at radius 1 is 0.957 bits per heavy atom. The fraction of sp³-hybridized carbons (Fsp3) is 0.143. The molecule has 0 saturated carbocycles. The molecule has 2 aromatic carbocycles. The number of nitrogens with one attached hydrogen (secondary N) is 2. The summed E-state index contributed by atoms with van der Waals surface area (Å²) in [6.45, 7) is 1.93. The lowest BCUT2D eigenvalue weighted by Crippen LogP contribution is -1.99. The van der Waals surface area contributed by atoms with E-state index in [-0.39, 0.29) is 18.1 Å². The molecule has 0 bridgehead atoms. The Morgan fingerprint density at radius 2 is 1.22 bits per heavy atom. The highest BCUT2D eigenvalue weighted by atomic mass is 31.2. The number of rotatable bonds is 4. The van der Waals surface area contributed by atoms with Crippen molar-refractivity contribution in [2.24, 2.45) is 0 Å². The van der Waals surface area contributed by atoms with E-state index in [1.165, 1.54) is 0 Å². The van der Waals surface area contributed by atoms with E-state index in [4.69, 9.17) is 25.2 Å². The second-order valence-corrected chi connectivity index (χ2v) is 5.01. The smallest absolute Gasteiger partial charge is 0.397 e. The van der Waals surface area contributed by atoms with Crippen molar-refractivity contribution in [1.29, 1.82) is 11.1 Å². The minimum atomic E-state index is -4.14. The van der Waals surface area contributed by atoms with Gasteiger partial charge in [-0.15, -0.1) is 0 Å². The van der Waals surface area contributed by atoms with E-state index in [2.05, 4.69) is 0 Å². The number of aliphatic hydroxyl groups excluding tert-OH is 1. The second-order valence-electron chi connectivity index (χ2n) is 3.71. The van der Waals surface area contributed by atoms with Crippen LogP contribution in [-0.4, -0.2) is 16.6 Å². The van der Waals surface area contributed by atoms with Crippen LogP contribution < -0.4 is 14.0 Å². The van der Waals surface area contributed by atoms with Crippen LogP contribution in [0.15, 0.2) is 60.7 Å². The fourth-order valence-corrected chi connectivity index (χ4v) is 2.06. The lowest BCUT2D eigenvalue weighted by molar-refractivity contribution is 0.291. The van der Waals surface area contributed by atoms with Gasteiger partial charge in [0.15, 0.2) is 0 Å². The molecule has 0 atom stereocenters. The SMILES string of the molecule is CCO.N=[N+]=N.O=P(O)(Oc1ccccc1)Oc1ccccc1. The molecule has 9 heteroatoms. The summed E-state index contributed by atoms with van der Waals surface area (Å²) >= 11 is 0. The van der Waals surface area contributed by atoms with Gasteiger partial charge >= 0.3 is 7.82 Å². The van der Waals surface area contributed by atoms with Gasteiger partial charge in [-0.25, -0.2) is 4.57 Å². The van der Waals surface area contributed by atoms with Crippen molar-refractivity contribution in [2.45, 2.75) is 6.92 Å². The van der Waals surface area contributed by atoms with Crippen LogP contribution in [0.5, 0.6) is 11.5 Å². The van der Waals surface area contributed by atoms with E-state index in [0.29, 0.717) is 0 Å². The van der Waals surface area contributed by atoms with E-state index >= 15 is 0 Å². The highest BCUT2D eigenvalue weighted by Crippen LogP contribution is 2.43. The second kappa shape index (κ2) is 12.1. The van der Waals surface area contributed by atoms with Gasteiger partial charge in [0.1, 0.15) is 22.6 Å². The maximum atomic E-state index is 11.7. The summed E-state index contributed by atoms with van der Waals surface area (Å²) in [7, 11) is -4.14. The molecule has 23 heavy (non-hydrogen) atoms. The Bertz CT molecular complexity index is 573. The van der Waals surface area contributed by atoms with Gasteiger partial charge in [-0.05, 0) is 31.2 Å². The van der Waals surface area contributed by atoms with Crippen molar-refractivity contribution < 1.29 is 23.6 Å². The van der Waals surface area contributed by atoms with Gasteiger partial charge in [0.2, 0.25) is 4.91 Å². The molecule has 0 spiro atoms. The van der Waals surface area contributed by atoms with Crippen molar-refractivity contribution >= 4 is 7.82 Å². The standard InChI is InChI=1S/C12H11O4P.C2H6O.H2N3/c13-17(14,15-11-7-3-1-4-8-11)16-12-9-5-2-6-10-12;1-2-3;1-3-2/h1-10H,(H,13,14);3H,2H2,1H3;1-2H/q;;+1. The number of phosphoric ester groups is 1. The molecule has 4 N–H and O–H groups in total. The molecule has 0 amide bonds. The molecule has 0 saturated heterocycles. The van der Waals surface area contributed by atoms with Gasteiger partial charge in [0.25, 0.3) is 0 Å². The molecule has 2 rings (SSSR count). The van der Waals surface area contributed by atoms with Crippen molar-refractivity contribution in [3.05, 3.63) is 60.7 Å².